The van der Waals surface area contributed by atoms with Gasteiger partial charge in [-0.15, -0.1) is 0 Å². The van der Waals surface area contributed by atoms with Crippen molar-refractivity contribution in [3.05, 3.63) is 35.6 Å². The van der Waals surface area contributed by atoms with E-state index < -0.39 is 11.6 Å². The van der Waals surface area contributed by atoms with Crippen LogP contribution in [-0.4, -0.2) is 6.54 Å². The van der Waals surface area contributed by atoms with E-state index >= 15 is 0 Å². The van der Waals surface area contributed by atoms with Crippen molar-refractivity contribution in [2.45, 2.75) is 19.9 Å². The summed E-state index contributed by atoms with van der Waals surface area (Å²) in [5, 5.41) is 3.81. The number of furan rings is 1. The fourth-order valence-electron chi connectivity index (χ4n) is 1.63. The molecule has 0 fully saturated rings. The van der Waals surface area contributed by atoms with Gasteiger partial charge in [-0.25, -0.2) is 4.39 Å². The van der Waals surface area contributed by atoms with Gasteiger partial charge in [-0.2, -0.15) is 4.39 Å². The second-order valence-electron chi connectivity index (χ2n) is 3.68. The third-order valence-corrected chi connectivity index (χ3v) is 2.46. The molecular weight excluding hydrogens is 212 g/mol. The highest BCUT2D eigenvalue weighted by Gasteiger charge is 2.13. The first-order chi connectivity index (χ1) is 7.74. The predicted octanol–water partition coefficient (Wildman–Crippen LogP) is 3.21. The van der Waals surface area contributed by atoms with Gasteiger partial charge in [0.25, 0.3) is 0 Å². The SMILES string of the molecule is CCCNCc1coc2c(F)c(F)ccc12. The zero-order valence-electron chi connectivity index (χ0n) is 9.02. The Morgan fingerprint density at radius 3 is 2.88 bits per heavy atom. The fourth-order valence-corrected chi connectivity index (χ4v) is 1.63. The second-order valence-corrected chi connectivity index (χ2v) is 3.68. The normalized spacial score (nSPS) is 11.2. The van der Waals surface area contributed by atoms with Gasteiger partial charge in [-0.1, -0.05) is 6.92 Å². The van der Waals surface area contributed by atoms with Crippen molar-refractivity contribution in [1.29, 1.82) is 0 Å². The Balaban J connectivity index is 2.31. The molecule has 1 aromatic heterocycles. The summed E-state index contributed by atoms with van der Waals surface area (Å²) in [4.78, 5) is 0. The van der Waals surface area contributed by atoms with E-state index in [2.05, 4.69) is 12.2 Å². The second kappa shape index (κ2) is 4.61. The van der Waals surface area contributed by atoms with Crippen molar-refractivity contribution in [3.8, 4) is 0 Å². The molecule has 1 heterocycles. The Morgan fingerprint density at radius 2 is 2.12 bits per heavy atom. The lowest BCUT2D eigenvalue weighted by molar-refractivity contribution is 0.491. The average Bonchev–Trinajstić information content (AvgIpc) is 2.68. The quantitative estimate of drug-likeness (QED) is 0.808. The van der Waals surface area contributed by atoms with Crippen LogP contribution in [0.15, 0.2) is 22.8 Å². The highest BCUT2D eigenvalue weighted by atomic mass is 19.2. The minimum atomic E-state index is -0.917. The van der Waals surface area contributed by atoms with Crippen LogP contribution >= 0.6 is 0 Å². The zero-order chi connectivity index (χ0) is 11.5. The van der Waals surface area contributed by atoms with Crippen molar-refractivity contribution in [1.82, 2.24) is 5.32 Å². The average molecular weight is 225 g/mol. The van der Waals surface area contributed by atoms with Crippen molar-refractivity contribution in [2.75, 3.05) is 6.54 Å². The molecule has 2 aromatic rings. The lowest BCUT2D eigenvalue weighted by Crippen LogP contribution is -2.13. The number of rotatable bonds is 4. The summed E-state index contributed by atoms with van der Waals surface area (Å²) in [6, 6.07) is 2.66. The minimum Gasteiger partial charge on any atom is -0.461 e. The van der Waals surface area contributed by atoms with Crippen molar-refractivity contribution < 1.29 is 13.2 Å². The molecule has 0 aliphatic carbocycles. The highest BCUT2D eigenvalue weighted by molar-refractivity contribution is 5.81. The van der Waals surface area contributed by atoms with E-state index in [1.54, 1.807) is 6.07 Å². The van der Waals surface area contributed by atoms with Crippen molar-refractivity contribution in [2.24, 2.45) is 0 Å². The molecule has 0 bridgehead atoms. The predicted molar refractivity (Wildman–Crippen MR) is 58.1 cm³/mol. The lowest BCUT2D eigenvalue weighted by atomic mass is 10.1. The van der Waals surface area contributed by atoms with Crippen LogP contribution < -0.4 is 5.32 Å². The van der Waals surface area contributed by atoms with Gasteiger partial charge in [0.2, 0.25) is 5.82 Å². The molecule has 0 radical (unpaired) electrons. The molecule has 1 aromatic carbocycles. The number of hydrogen-bond acceptors (Lipinski definition) is 2. The van der Waals surface area contributed by atoms with Crippen molar-refractivity contribution in [3.63, 3.8) is 0 Å². The molecule has 4 heteroatoms. The van der Waals surface area contributed by atoms with Gasteiger partial charge in [0.05, 0.1) is 6.26 Å². The summed E-state index contributed by atoms with van der Waals surface area (Å²) >= 11 is 0. The summed E-state index contributed by atoms with van der Waals surface area (Å²) in [6.07, 6.45) is 2.49. The highest BCUT2D eigenvalue weighted by Crippen LogP contribution is 2.25. The van der Waals surface area contributed by atoms with Gasteiger partial charge < -0.3 is 9.73 Å². The van der Waals surface area contributed by atoms with Crippen molar-refractivity contribution >= 4 is 11.0 Å². The molecule has 0 aliphatic rings. The van der Waals surface area contributed by atoms with Crippen LogP contribution in [0.3, 0.4) is 0 Å². The number of hydrogen-bond donors (Lipinski definition) is 1. The van der Waals surface area contributed by atoms with E-state index in [9.17, 15) is 8.78 Å². The first-order valence-corrected chi connectivity index (χ1v) is 5.28. The Kier molecular flexibility index (Phi) is 3.19. The maximum absolute atomic E-state index is 13.3. The first-order valence-electron chi connectivity index (χ1n) is 5.28. The molecule has 2 nitrogen and oxygen atoms in total. The van der Waals surface area contributed by atoms with E-state index in [0.29, 0.717) is 11.9 Å². The van der Waals surface area contributed by atoms with Gasteiger partial charge in [-0.05, 0) is 25.1 Å². The molecule has 0 unspecified atom stereocenters. The smallest absolute Gasteiger partial charge is 0.201 e. The van der Waals surface area contributed by atoms with Gasteiger partial charge >= 0.3 is 0 Å². The largest absolute Gasteiger partial charge is 0.461 e. The topological polar surface area (TPSA) is 25.2 Å². The van der Waals surface area contributed by atoms with E-state index in [1.165, 1.54) is 6.26 Å². The van der Waals surface area contributed by atoms with Crippen LogP contribution in [0.25, 0.3) is 11.0 Å². The molecule has 86 valence electrons. The van der Waals surface area contributed by atoms with Crippen LogP contribution in [0.4, 0.5) is 8.78 Å². The number of fused-ring (bicyclic) bond motifs is 1. The molecule has 0 aliphatic heterocycles. The molecule has 0 saturated carbocycles. The molecular formula is C12H13F2NO. The Bertz CT molecular complexity index is 493. The van der Waals surface area contributed by atoms with Crippen LogP contribution in [-0.2, 0) is 6.54 Å². The lowest BCUT2D eigenvalue weighted by Gasteiger charge is -2.00. The molecule has 0 saturated heterocycles. The fraction of sp³-hybridized carbons (Fsp3) is 0.333. The van der Waals surface area contributed by atoms with Gasteiger partial charge in [-0.3, -0.25) is 0 Å². The third kappa shape index (κ3) is 1.93. The first kappa shape index (κ1) is 11.1. The number of halogens is 2. The monoisotopic (exact) mass is 225 g/mol. The molecule has 2 rings (SSSR count). The Hall–Kier alpha value is -1.42. The van der Waals surface area contributed by atoms with Gasteiger partial charge in [0.15, 0.2) is 11.4 Å². The maximum atomic E-state index is 13.3. The maximum Gasteiger partial charge on any atom is 0.201 e. The third-order valence-electron chi connectivity index (χ3n) is 2.46. The van der Waals surface area contributed by atoms with E-state index in [4.69, 9.17) is 4.42 Å². The standard InChI is InChI=1S/C12H13F2NO/c1-2-5-15-6-8-7-16-12-9(8)3-4-10(13)11(12)14/h3-4,7,15H,2,5-6H2,1H3. The molecule has 1 N–H and O–H groups in total. The molecule has 0 amide bonds. The zero-order valence-corrected chi connectivity index (χ0v) is 9.02. The van der Waals surface area contributed by atoms with Crippen LogP contribution in [0.5, 0.6) is 0 Å². The molecule has 0 atom stereocenters. The van der Waals surface area contributed by atoms with E-state index in [1.807, 2.05) is 0 Å². The summed E-state index contributed by atoms with van der Waals surface area (Å²) < 4.78 is 31.3. The van der Waals surface area contributed by atoms with Gasteiger partial charge in [0, 0.05) is 17.5 Å². The molecule has 0 spiro atoms. The van der Waals surface area contributed by atoms with E-state index in [-0.39, 0.29) is 5.58 Å². The molecule has 16 heavy (non-hydrogen) atoms. The van der Waals surface area contributed by atoms with E-state index in [0.717, 1.165) is 24.6 Å². The summed E-state index contributed by atoms with van der Waals surface area (Å²) in [6.45, 7) is 3.55. The number of benzene rings is 1. The summed E-state index contributed by atoms with van der Waals surface area (Å²) in [5.74, 6) is -1.80. The minimum absolute atomic E-state index is 0.00621. The van der Waals surface area contributed by atoms with Crippen LogP contribution in [0.1, 0.15) is 18.9 Å². The van der Waals surface area contributed by atoms with Gasteiger partial charge in [0.1, 0.15) is 0 Å². The number of nitrogens with one attached hydrogen (secondary N) is 1. The van der Waals surface area contributed by atoms with Crippen LogP contribution in [0, 0.1) is 11.6 Å². The summed E-state index contributed by atoms with van der Waals surface area (Å²) in [5.41, 5.74) is 0.843. The summed E-state index contributed by atoms with van der Waals surface area (Å²) in [7, 11) is 0. The Morgan fingerprint density at radius 1 is 1.31 bits per heavy atom. The Labute approximate surface area is 92.2 Å². The van der Waals surface area contributed by atoms with Crippen LogP contribution in [0.2, 0.25) is 0 Å².